The van der Waals surface area contributed by atoms with Crippen molar-refractivity contribution >= 4 is 5.91 Å². The van der Waals surface area contributed by atoms with E-state index in [2.05, 4.69) is 4.98 Å². The van der Waals surface area contributed by atoms with Crippen molar-refractivity contribution in [3.8, 4) is 0 Å². The molecule has 1 aromatic carbocycles. The van der Waals surface area contributed by atoms with E-state index in [0.717, 1.165) is 5.56 Å². The van der Waals surface area contributed by atoms with Gasteiger partial charge < -0.3 is 10.3 Å². The molecule has 1 unspecified atom stereocenters. The number of carbonyl (C=O) groups is 1. The molecule has 0 spiro atoms. The molecule has 82 valence electrons. The van der Waals surface area contributed by atoms with Gasteiger partial charge in [-0.3, -0.25) is 4.79 Å². The van der Waals surface area contributed by atoms with Crippen molar-refractivity contribution in [1.29, 1.82) is 0 Å². The van der Waals surface area contributed by atoms with Crippen molar-refractivity contribution in [1.82, 2.24) is 9.55 Å². The molecule has 16 heavy (non-hydrogen) atoms. The lowest BCUT2D eigenvalue weighted by Crippen LogP contribution is -2.25. The number of primary amides is 1. The SMILES string of the molecule is NC(=O)C(Cn1ccnc1)c1ccccc1. The average Bonchev–Trinajstić information content (AvgIpc) is 2.79. The number of amides is 1. The molecule has 0 aliphatic heterocycles. The minimum Gasteiger partial charge on any atom is -0.369 e. The minimum atomic E-state index is -0.320. The lowest BCUT2D eigenvalue weighted by Gasteiger charge is -2.14. The summed E-state index contributed by atoms with van der Waals surface area (Å²) in [7, 11) is 0. The first-order valence-corrected chi connectivity index (χ1v) is 5.07. The van der Waals surface area contributed by atoms with Crippen LogP contribution >= 0.6 is 0 Å². The number of carbonyl (C=O) groups excluding carboxylic acids is 1. The highest BCUT2D eigenvalue weighted by Crippen LogP contribution is 2.17. The number of imidazole rings is 1. The molecule has 0 aliphatic carbocycles. The molecule has 0 radical (unpaired) electrons. The first-order chi connectivity index (χ1) is 7.77. The molecule has 4 heteroatoms. The fourth-order valence-corrected chi connectivity index (χ4v) is 1.65. The Morgan fingerprint density at radius 3 is 2.69 bits per heavy atom. The molecular weight excluding hydrogens is 202 g/mol. The molecule has 0 saturated heterocycles. The predicted molar refractivity (Wildman–Crippen MR) is 60.6 cm³/mol. The van der Waals surface area contributed by atoms with Gasteiger partial charge in [-0.05, 0) is 5.56 Å². The Balaban J connectivity index is 2.22. The molecule has 4 nitrogen and oxygen atoms in total. The van der Waals surface area contributed by atoms with Crippen LogP contribution in [-0.4, -0.2) is 15.5 Å². The molecule has 0 saturated carbocycles. The van der Waals surface area contributed by atoms with Crippen LogP contribution in [0.3, 0.4) is 0 Å². The average molecular weight is 215 g/mol. The van der Waals surface area contributed by atoms with E-state index in [-0.39, 0.29) is 11.8 Å². The molecule has 1 aromatic heterocycles. The highest BCUT2D eigenvalue weighted by atomic mass is 16.1. The van der Waals surface area contributed by atoms with Crippen molar-refractivity contribution in [3.63, 3.8) is 0 Å². The number of hydrogen-bond acceptors (Lipinski definition) is 2. The fraction of sp³-hybridized carbons (Fsp3) is 0.167. The Morgan fingerprint density at radius 1 is 1.38 bits per heavy atom. The Labute approximate surface area is 93.7 Å². The Bertz CT molecular complexity index is 450. The molecule has 0 aliphatic rings. The summed E-state index contributed by atoms with van der Waals surface area (Å²) in [5, 5.41) is 0. The summed E-state index contributed by atoms with van der Waals surface area (Å²) in [6.45, 7) is 0.527. The van der Waals surface area contributed by atoms with Crippen LogP contribution in [0, 0.1) is 0 Å². The van der Waals surface area contributed by atoms with Crippen LogP contribution in [0.4, 0.5) is 0 Å². The van der Waals surface area contributed by atoms with E-state index in [4.69, 9.17) is 5.73 Å². The Kier molecular flexibility index (Phi) is 3.00. The second kappa shape index (κ2) is 4.61. The summed E-state index contributed by atoms with van der Waals surface area (Å²) >= 11 is 0. The van der Waals surface area contributed by atoms with Gasteiger partial charge >= 0.3 is 0 Å². The van der Waals surface area contributed by atoms with Crippen LogP contribution in [0.2, 0.25) is 0 Å². The van der Waals surface area contributed by atoms with Gasteiger partial charge in [0, 0.05) is 18.9 Å². The number of nitrogens with two attached hydrogens (primary N) is 1. The van der Waals surface area contributed by atoms with Crippen LogP contribution in [0.1, 0.15) is 11.5 Å². The number of nitrogens with zero attached hydrogens (tertiary/aromatic N) is 2. The molecule has 2 rings (SSSR count). The topological polar surface area (TPSA) is 60.9 Å². The van der Waals surface area contributed by atoms with Gasteiger partial charge in [0.2, 0.25) is 5.91 Å². The summed E-state index contributed by atoms with van der Waals surface area (Å²) in [5.74, 6) is -0.629. The van der Waals surface area contributed by atoms with E-state index in [0.29, 0.717) is 6.54 Å². The van der Waals surface area contributed by atoms with E-state index in [1.54, 1.807) is 12.5 Å². The summed E-state index contributed by atoms with van der Waals surface area (Å²) < 4.78 is 1.85. The third-order valence-electron chi connectivity index (χ3n) is 2.50. The highest BCUT2D eigenvalue weighted by molar-refractivity contribution is 5.81. The maximum atomic E-state index is 11.4. The minimum absolute atomic E-state index is 0.310. The predicted octanol–water partition coefficient (Wildman–Crippen LogP) is 1.15. The first kappa shape index (κ1) is 10.4. The van der Waals surface area contributed by atoms with Gasteiger partial charge in [-0.15, -0.1) is 0 Å². The standard InChI is InChI=1S/C12H13N3O/c13-12(16)11(8-15-7-6-14-9-15)10-4-2-1-3-5-10/h1-7,9,11H,8H2,(H2,13,16). The molecule has 0 fully saturated rings. The van der Waals surface area contributed by atoms with E-state index in [1.807, 2.05) is 41.1 Å². The van der Waals surface area contributed by atoms with Crippen molar-refractivity contribution in [2.45, 2.75) is 12.5 Å². The normalized spacial score (nSPS) is 12.2. The summed E-state index contributed by atoms with van der Waals surface area (Å²) in [4.78, 5) is 15.4. The second-order valence-electron chi connectivity index (χ2n) is 3.63. The number of aromatic nitrogens is 2. The van der Waals surface area contributed by atoms with Crippen molar-refractivity contribution in [2.24, 2.45) is 5.73 Å². The second-order valence-corrected chi connectivity index (χ2v) is 3.63. The molecule has 1 atom stereocenters. The van der Waals surface area contributed by atoms with Gasteiger partial charge in [0.25, 0.3) is 0 Å². The lowest BCUT2D eigenvalue weighted by molar-refractivity contribution is -0.119. The molecule has 0 bridgehead atoms. The molecule has 1 amide bonds. The van der Waals surface area contributed by atoms with Crippen LogP contribution in [0.25, 0.3) is 0 Å². The zero-order chi connectivity index (χ0) is 11.4. The van der Waals surface area contributed by atoms with Gasteiger partial charge in [-0.25, -0.2) is 4.98 Å². The molecular formula is C12H13N3O. The Morgan fingerprint density at radius 2 is 2.12 bits per heavy atom. The highest BCUT2D eigenvalue weighted by Gasteiger charge is 2.17. The van der Waals surface area contributed by atoms with Gasteiger partial charge in [0.15, 0.2) is 0 Å². The van der Waals surface area contributed by atoms with Crippen molar-refractivity contribution < 1.29 is 4.79 Å². The third-order valence-corrected chi connectivity index (χ3v) is 2.50. The first-order valence-electron chi connectivity index (χ1n) is 5.07. The van der Waals surface area contributed by atoms with Crippen LogP contribution in [0.15, 0.2) is 49.1 Å². The number of hydrogen-bond donors (Lipinski definition) is 1. The van der Waals surface area contributed by atoms with Crippen LogP contribution in [-0.2, 0) is 11.3 Å². The quantitative estimate of drug-likeness (QED) is 0.831. The fourth-order valence-electron chi connectivity index (χ4n) is 1.65. The smallest absolute Gasteiger partial charge is 0.226 e. The zero-order valence-corrected chi connectivity index (χ0v) is 8.78. The van der Waals surface area contributed by atoms with E-state index in [1.165, 1.54) is 0 Å². The third kappa shape index (κ3) is 2.28. The van der Waals surface area contributed by atoms with Crippen molar-refractivity contribution in [2.75, 3.05) is 0 Å². The van der Waals surface area contributed by atoms with E-state index < -0.39 is 0 Å². The monoisotopic (exact) mass is 215 g/mol. The number of rotatable bonds is 4. The van der Waals surface area contributed by atoms with Gasteiger partial charge in [-0.2, -0.15) is 0 Å². The van der Waals surface area contributed by atoms with Crippen LogP contribution in [0.5, 0.6) is 0 Å². The van der Waals surface area contributed by atoms with E-state index >= 15 is 0 Å². The lowest BCUT2D eigenvalue weighted by atomic mass is 9.98. The maximum absolute atomic E-state index is 11.4. The summed E-state index contributed by atoms with van der Waals surface area (Å²) in [6.07, 6.45) is 5.18. The summed E-state index contributed by atoms with van der Waals surface area (Å²) in [6, 6.07) is 9.54. The van der Waals surface area contributed by atoms with Gasteiger partial charge in [0.05, 0.1) is 12.2 Å². The van der Waals surface area contributed by atoms with Gasteiger partial charge in [-0.1, -0.05) is 30.3 Å². The molecule has 2 aromatic rings. The van der Waals surface area contributed by atoms with Crippen LogP contribution < -0.4 is 5.73 Å². The van der Waals surface area contributed by atoms with E-state index in [9.17, 15) is 4.79 Å². The summed E-state index contributed by atoms with van der Waals surface area (Å²) in [5.41, 5.74) is 6.35. The number of benzene rings is 1. The molecule has 1 heterocycles. The van der Waals surface area contributed by atoms with Gasteiger partial charge in [0.1, 0.15) is 0 Å². The molecule has 2 N–H and O–H groups in total. The Hall–Kier alpha value is -2.10. The maximum Gasteiger partial charge on any atom is 0.226 e. The van der Waals surface area contributed by atoms with Crippen molar-refractivity contribution in [3.05, 3.63) is 54.6 Å². The zero-order valence-electron chi connectivity index (χ0n) is 8.78. The largest absolute Gasteiger partial charge is 0.369 e.